The number of fused-ring (bicyclic) bond motifs is 3. The normalized spacial score (nSPS) is 20.2. The SMILES string of the molecule is COC(=O)N1C[C@@H]2CC1CN2c1ccc(Nc2nccc(-c3ccc4nc(N5CCCC5)ncc4c3)n2)cc1. The molecule has 2 bridgehead atoms. The molecule has 10 nitrogen and oxygen atoms in total. The van der Waals surface area contributed by atoms with E-state index in [1.165, 1.54) is 20.0 Å². The van der Waals surface area contributed by atoms with E-state index in [1.807, 2.05) is 35.4 Å². The van der Waals surface area contributed by atoms with Crippen molar-refractivity contribution in [3.8, 4) is 11.3 Å². The fourth-order valence-corrected chi connectivity index (χ4v) is 6.02. The predicted octanol–water partition coefficient (Wildman–Crippen LogP) is 4.46. The zero-order valence-electron chi connectivity index (χ0n) is 21.8. The van der Waals surface area contributed by atoms with Crippen molar-refractivity contribution < 1.29 is 9.53 Å². The zero-order valence-corrected chi connectivity index (χ0v) is 21.8. The van der Waals surface area contributed by atoms with E-state index in [1.54, 1.807) is 6.20 Å². The minimum absolute atomic E-state index is 0.213. The summed E-state index contributed by atoms with van der Waals surface area (Å²) in [5, 5.41) is 4.32. The maximum Gasteiger partial charge on any atom is 0.409 e. The summed E-state index contributed by atoms with van der Waals surface area (Å²) in [5.41, 5.74) is 4.83. The lowest BCUT2D eigenvalue weighted by Gasteiger charge is -2.34. The highest BCUT2D eigenvalue weighted by Crippen LogP contribution is 2.35. The fraction of sp³-hybridized carbons (Fsp3) is 0.345. The number of ether oxygens (including phenoxy) is 1. The first kappa shape index (κ1) is 23.6. The largest absolute Gasteiger partial charge is 0.453 e. The summed E-state index contributed by atoms with van der Waals surface area (Å²) in [6, 6.07) is 16.9. The first-order valence-corrected chi connectivity index (χ1v) is 13.5. The lowest BCUT2D eigenvalue weighted by atomic mass is 10.1. The molecule has 0 aliphatic carbocycles. The van der Waals surface area contributed by atoms with E-state index in [9.17, 15) is 4.79 Å². The van der Waals surface area contributed by atoms with E-state index in [0.717, 1.165) is 65.5 Å². The van der Waals surface area contributed by atoms with Gasteiger partial charge >= 0.3 is 6.09 Å². The van der Waals surface area contributed by atoms with E-state index in [0.29, 0.717) is 18.5 Å². The topological polar surface area (TPSA) is 99.6 Å². The van der Waals surface area contributed by atoms with Crippen molar-refractivity contribution in [3.05, 3.63) is 60.9 Å². The second kappa shape index (κ2) is 9.68. The van der Waals surface area contributed by atoms with Crippen LogP contribution in [0, 0.1) is 0 Å². The number of amides is 1. The molecule has 2 atom stereocenters. The van der Waals surface area contributed by atoms with Crippen LogP contribution in [-0.4, -0.2) is 76.3 Å². The van der Waals surface area contributed by atoms with Crippen LogP contribution < -0.4 is 15.1 Å². The molecule has 2 aromatic carbocycles. The molecule has 1 N–H and O–H groups in total. The van der Waals surface area contributed by atoms with Crippen LogP contribution in [0.15, 0.2) is 60.9 Å². The highest BCUT2D eigenvalue weighted by Gasteiger charge is 2.45. The molecule has 3 saturated heterocycles. The molecule has 39 heavy (non-hydrogen) atoms. The third-order valence-corrected chi connectivity index (χ3v) is 8.01. The summed E-state index contributed by atoms with van der Waals surface area (Å²) in [4.78, 5) is 37.0. The van der Waals surface area contributed by atoms with Gasteiger partial charge in [-0.1, -0.05) is 6.07 Å². The van der Waals surface area contributed by atoms with E-state index >= 15 is 0 Å². The smallest absolute Gasteiger partial charge is 0.409 e. The number of likely N-dealkylation sites (tertiary alicyclic amines) is 1. The third-order valence-electron chi connectivity index (χ3n) is 8.01. The van der Waals surface area contributed by atoms with Crippen molar-refractivity contribution in [2.45, 2.75) is 31.3 Å². The van der Waals surface area contributed by atoms with Gasteiger partial charge in [-0.15, -0.1) is 0 Å². The van der Waals surface area contributed by atoms with Gasteiger partial charge in [0.25, 0.3) is 0 Å². The fourth-order valence-electron chi connectivity index (χ4n) is 6.02. The van der Waals surface area contributed by atoms with Gasteiger partial charge in [-0.25, -0.2) is 24.7 Å². The number of aromatic nitrogens is 4. The summed E-state index contributed by atoms with van der Waals surface area (Å²) in [6.07, 6.45) is 6.82. The molecule has 1 amide bonds. The summed E-state index contributed by atoms with van der Waals surface area (Å²) in [7, 11) is 1.44. The molecule has 4 aromatic rings. The number of benzene rings is 2. The number of anilines is 4. The Labute approximate surface area is 226 Å². The molecule has 7 rings (SSSR count). The van der Waals surface area contributed by atoms with Gasteiger partial charge in [0.05, 0.1) is 24.4 Å². The van der Waals surface area contributed by atoms with E-state index in [2.05, 4.69) is 49.4 Å². The number of nitrogens with one attached hydrogen (secondary N) is 1. The third kappa shape index (κ3) is 4.45. The summed E-state index contributed by atoms with van der Waals surface area (Å²) in [6.45, 7) is 3.59. The monoisotopic (exact) mass is 522 g/mol. The number of hydrogen-bond donors (Lipinski definition) is 1. The molecule has 0 radical (unpaired) electrons. The highest BCUT2D eigenvalue weighted by atomic mass is 16.5. The maximum absolute atomic E-state index is 12.0. The van der Waals surface area contributed by atoms with Gasteiger partial charge in [-0.2, -0.15) is 0 Å². The number of hydrogen-bond acceptors (Lipinski definition) is 9. The molecular weight excluding hydrogens is 492 g/mol. The molecule has 2 aromatic heterocycles. The molecule has 3 aliphatic rings. The average molecular weight is 523 g/mol. The van der Waals surface area contributed by atoms with Crippen LogP contribution in [0.3, 0.4) is 0 Å². The van der Waals surface area contributed by atoms with Gasteiger partial charge in [0.15, 0.2) is 0 Å². The molecule has 3 aliphatic heterocycles. The number of nitrogens with zero attached hydrogens (tertiary/aromatic N) is 7. The van der Waals surface area contributed by atoms with E-state index in [-0.39, 0.29) is 12.1 Å². The Morgan fingerprint density at radius 1 is 0.974 bits per heavy atom. The Morgan fingerprint density at radius 3 is 2.59 bits per heavy atom. The number of carbonyl (C=O) groups is 1. The molecule has 5 heterocycles. The number of carbonyl (C=O) groups excluding carboxylic acids is 1. The van der Waals surface area contributed by atoms with E-state index in [4.69, 9.17) is 14.7 Å². The Balaban J connectivity index is 1.04. The molecular formula is C29H30N8O2. The second-order valence-electron chi connectivity index (χ2n) is 10.4. The van der Waals surface area contributed by atoms with Gasteiger partial charge < -0.3 is 24.8 Å². The van der Waals surface area contributed by atoms with Crippen LogP contribution in [0.4, 0.5) is 28.1 Å². The Bertz CT molecular complexity index is 1520. The standard InChI is InChI=1S/C29H30N8O2/c1-39-29(38)37-18-23-15-24(37)17-36(23)22-7-5-21(6-8-22)32-27-30-11-10-26(33-27)19-4-9-25-20(14-19)16-31-28(34-25)35-12-2-3-13-35/h4-11,14,16,23-24H,2-3,12-13,15,17-18H2,1H3,(H,30,32,33)/t23-,24?/m0/s1. The summed E-state index contributed by atoms with van der Waals surface area (Å²) >= 11 is 0. The lowest BCUT2D eigenvalue weighted by Crippen LogP contribution is -2.48. The molecule has 198 valence electrons. The highest BCUT2D eigenvalue weighted by molar-refractivity contribution is 5.84. The maximum atomic E-state index is 12.0. The molecule has 0 spiro atoms. The Morgan fingerprint density at radius 2 is 1.82 bits per heavy atom. The van der Waals surface area contributed by atoms with Crippen LogP contribution in [0.2, 0.25) is 0 Å². The minimum Gasteiger partial charge on any atom is -0.453 e. The van der Waals surface area contributed by atoms with Crippen molar-refractivity contribution >= 4 is 40.3 Å². The first-order valence-electron chi connectivity index (χ1n) is 13.5. The zero-order chi connectivity index (χ0) is 26.3. The number of rotatable bonds is 5. The van der Waals surface area contributed by atoms with Gasteiger partial charge in [0, 0.05) is 66.9 Å². The van der Waals surface area contributed by atoms with Gasteiger partial charge in [-0.05, 0) is 61.7 Å². The van der Waals surface area contributed by atoms with Crippen molar-refractivity contribution in [3.63, 3.8) is 0 Å². The minimum atomic E-state index is -0.229. The molecule has 3 fully saturated rings. The number of piperazine rings is 1. The number of methoxy groups -OCH3 is 1. The van der Waals surface area contributed by atoms with Crippen LogP contribution >= 0.6 is 0 Å². The quantitative estimate of drug-likeness (QED) is 0.407. The van der Waals surface area contributed by atoms with Crippen molar-refractivity contribution in [1.82, 2.24) is 24.8 Å². The average Bonchev–Trinajstić information content (AvgIpc) is 3.75. The molecule has 10 heteroatoms. The summed E-state index contributed by atoms with van der Waals surface area (Å²) in [5.74, 6) is 1.35. The lowest BCUT2D eigenvalue weighted by molar-refractivity contribution is 0.116. The van der Waals surface area contributed by atoms with Crippen LogP contribution in [0.1, 0.15) is 19.3 Å². The first-order chi connectivity index (χ1) is 19.1. The van der Waals surface area contributed by atoms with Crippen LogP contribution in [-0.2, 0) is 4.74 Å². The van der Waals surface area contributed by atoms with Crippen LogP contribution in [0.5, 0.6) is 0 Å². The van der Waals surface area contributed by atoms with E-state index < -0.39 is 0 Å². The molecule has 0 saturated carbocycles. The van der Waals surface area contributed by atoms with Crippen molar-refractivity contribution in [1.29, 1.82) is 0 Å². The van der Waals surface area contributed by atoms with Gasteiger partial charge in [0.2, 0.25) is 11.9 Å². The van der Waals surface area contributed by atoms with Crippen molar-refractivity contribution in [2.24, 2.45) is 0 Å². The van der Waals surface area contributed by atoms with Gasteiger partial charge in [0.1, 0.15) is 0 Å². The van der Waals surface area contributed by atoms with Crippen LogP contribution in [0.25, 0.3) is 22.2 Å². The predicted molar refractivity (Wildman–Crippen MR) is 150 cm³/mol. The van der Waals surface area contributed by atoms with Crippen molar-refractivity contribution in [2.75, 3.05) is 48.4 Å². The molecule has 1 unspecified atom stereocenters. The Hall–Kier alpha value is -4.47. The second-order valence-corrected chi connectivity index (χ2v) is 10.4. The van der Waals surface area contributed by atoms with Gasteiger partial charge in [-0.3, -0.25) is 0 Å². The summed E-state index contributed by atoms with van der Waals surface area (Å²) < 4.78 is 4.92. The Kier molecular flexibility index (Phi) is 5.87.